The van der Waals surface area contributed by atoms with Crippen LogP contribution in [0, 0.1) is 6.92 Å². The van der Waals surface area contributed by atoms with Crippen molar-refractivity contribution in [3.05, 3.63) is 98.9 Å². The molecule has 0 N–H and O–H groups in total. The normalized spacial score (nSPS) is 15.9. The second kappa shape index (κ2) is 9.32. The fraction of sp³-hybridized carbons (Fsp3) is 0.267. The van der Waals surface area contributed by atoms with Crippen LogP contribution in [0.3, 0.4) is 0 Å². The minimum absolute atomic E-state index is 0.0929. The number of amides is 1. The highest BCUT2D eigenvalue weighted by molar-refractivity contribution is 5.99. The summed E-state index contributed by atoms with van der Waals surface area (Å²) in [6, 6.07) is 18.1. The van der Waals surface area contributed by atoms with Crippen LogP contribution in [0.2, 0.25) is 0 Å². The molecule has 188 valence electrons. The number of rotatable bonds is 7. The highest BCUT2D eigenvalue weighted by atomic mass is 16.7. The summed E-state index contributed by atoms with van der Waals surface area (Å²) in [7, 11) is 0. The van der Waals surface area contributed by atoms with Gasteiger partial charge in [-0.1, -0.05) is 43.2 Å². The Bertz CT molecular complexity index is 1560. The Balaban J connectivity index is 1.44. The summed E-state index contributed by atoms with van der Waals surface area (Å²) in [5, 5.41) is 0.473. The van der Waals surface area contributed by atoms with Crippen molar-refractivity contribution in [1.29, 1.82) is 0 Å². The average Bonchev–Trinajstić information content (AvgIpc) is 3.48. The van der Waals surface area contributed by atoms with E-state index in [-0.39, 0.29) is 30.4 Å². The molecule has 1 atom stereocenters. The molecule has 37 heavy (non-hydrogen) atoms. The van der Waals surface area contributed by atoms with Crippen molar-refractivity contribution < 1.29 is 23.4 Å². The highest BCUT2D eigenvalue weighted by Crippen LogP contribution is 2.41. The van der Waals surface area contributed by atoms with E-state index in [0.717, 1.165) is 35.3 Å². The minimum Gasteiger partial charge on any atom is -0.494 e. The van der Waals surface area contributed by atoms with Gasteiger partial charge in [0.1, 0.15) is 11.3 Å². The number of unbranched alkanes of at least 4 members (excludes halogenated alkanes) is 1. The number of hydrogen-bond acceptors (Lipinski definition) is 6. The van der Waals surface area contributed by atoms with E-state index in [4.69, 9.17) is 18.6 Å². The maximum atomic E-state index is 13.8. The van der Waals surface area contributed by atoms with Crippen LogP contribution in [0.25, 0.3) is 11.0 Å². The van der Waals surface area contributed by atoms with Crippen molar-refractivity contribution in [1.82, 2.24) is 4.90 Å². The van der Waals surface area contributed by atoms with E-state index < -0.39 is 6.04 Å². The lowest BCUT2D eigenvalue weighted by molar-refractivity contribution is 0.0714. The summed E-state index contributed by atoms with van der Waals surface area (Å²) in [5.74, 6) is 1.84. The average molecular weight is 498 g/mol. The second-order valence-corrected chi connectivity index (χ2v) is 9.47. The molecule has 0 aliphatic carbocycles. The van der Waals surface area contributed by atoms with Crippen molar-refractivity contribution in [3.63, 3.8) is 0 Å². The zero-order valence-electron chi connectivity index (χ0n) is 20.8. The highest BCUT2D eigenvalue weighted by Gasteiger charge is 2.42. The number of hydrogen-bond donors (Lipinski definition) is 0. The van der Waals surface area contributed by atoms with Crippen LogP contribution in [-0.2, 0) is 6.54 Å². The third kappa shape index (κ3) is 4.10. The van der Waals surface area contributed by atoms with Gasteiger partial charge in [0.15, 0.2) is 16.9 Å². The first kappa shape index (κ1) is 23.2. The van der Waals surface area contributed by atoms with Gasteiger partial charge in [-0.25, -0.2) is 0 Å². The number of aryl methyl sites for hydroxylation is 1. The van der Waals surface area contributed by atoms with Gasteiger partial charge in [0.25, 0.3) is 5.91 Å². The molecule has 0 fully saturated rings. The maximum absolute atomic E-state index is 13.8. The fourth-order valence-corrected chi connectivity index (χ4v) is 4.96. The first-order chi connectivity index (χ1) is 18.0. The van der Waals surface area contributed by atoms with Crippen LogP contribution in [-0.4, -0.2) is 24.2 Å². The van der Waals surface area contributed by atoms with Gasteiger partial charge in [-0.05, 0) is 60.9 Å². The molecule has 0 saturated heterocycles. The molecule has 7 heteroatoms. The molecule has 1 aromatic heterocycles. The van der Waals surface area contributed by atoms with Gasteiger partial charge in [0.05, 0.1) is 23.6 Å². The van der Waals surface area contributed by atoms with Crippen molar-refractivity contribution in [2.24, 2.45) is 0 Å². The van der Waals surface area contributed by atoms with Gasteiger partial charge in [-0.3, -0.25) is 9.59 Å². The quantitative estimate of drug-likeness (QED) is 0.302. The zero-order valence-corrected chi connectivity index (χ0v) is 20.8. The number of ether oxygens (including phenoxy) is 3. The molecule has 4 aromatic rings. The monoisotopic (exact) mass is 497 g/mol. The van der Waals surface area contributed by atoms with E-state index in [9.17, 15) is 9.59 Å². The molecule has 0 spiro atoms. The third-order valence-corrected chi connectivity index (χ3v) is 6.87. The molecule has 6 rings (SSSR count). The van der Waals surface area contributed by atoms with E-state index in [0.29, 0.717) is 34.6 Å². The number of carbonyl (C=O) groups excluding carboxylic acids is 1. The molecule has 0 saturated carbocycles. The Morgan fingerprint density at radius 2 is 1.78 bits per heavy atom. The van der Waals surface area contributed by atoms with Gasteiger partial charge in [0.2, 0.25) is 12.6 Å². The second-order valence-electron chi connectivity index (χ2n) is 9.47. The van der Waals surface area contributed by atoms with E-state index in [2.05, 4.69) is 6.92 Å². The van der Waals surface area contributed by atoms with Gasteiger partial charge in [-0.2, -0.15) is 0 Å². The lowest BCUT2D eigenvalue weighted by Gasteiger charge is -2.25. The largest absolute Gasteiger partial charge is 0.494 e. The van der Waals surface area contributed by atoms with Crippen molar-refractivity contribution in [2.75, 3.05) is 13.4 Å². The van der Waals surface area contributed by atoms with Crippen LogP contribution in [0.4, 0.5) is 0 Å². The molecule has 2 aliphatic heterocycles. The van der Waals surface area contributed by atoms with E-state index >= 15 is 0 Å². The van der Waals surface area contributed by atoms with E-state index in [1.54, 1.807) is 11.0 Å². The topological polar surface area (TPSA) is 78.2 Å². The predicted octanol–water partition coefficient (Wildman–Crippen LogP) is 5.75. The van der Waals surface area contributed by atoms with Gasteiger partial charge >= 0.3 is 0 Å². The number of carbonyl (C=O) groups is 1. The Hall–Kier alpha value is -4.26. The summed E-state index contributed by atoms with van der Waals surface area (Å²) < 4.78 is 22.9. The Kier molecular flexibility index (Phi) is 5.83. The van der Waals surface area contributed by atoms with Crippen molar-refractivity contribution in [2.45, 2.75) is 39.3 Å². The lowest BCUT2D eigenvalue weighted by atomic mass is 9.97. The number of nitrogens with zero attached hydrogens (tertiary/aromatic N) is 1. The molecule has 0 unspecified atom stereocenters. The van der Waals surface area contributed by atoms with Crippen LogP contribution in [0.15, 0.2) is 69.9 Å². The third-order valence-electron chi connectivity index (χ3n) is 6.87. The molecular weight excluding hydrogens is 470 g/mol. The Morgan fingerprint density at radius 3 is 2.59 bits per heavy atom. The maximum Gasteiger partial charge on any atom is 0.291 e. The molecule has 3 aromatic carbocycles. The Morgan fingerprint density at radius 1 is 0.973 bits per heavy atom. The lowest BCUT2D eigenvalue weighted by Crippen LogP contribution is -2.29. The SMILES string of the molecule is CCCCOc1ccc([C@H]2c3c(oc4ccc(C)cc4c3=O)C(=O)N2Cc2ccc3c(c2)OCO3)cc1. The zero-order chi connectivity index (χ0) is 25.5. The van der Waals surface area contributed by atoms with E-state index in [1.165, 1.54) is 0 Å². The van der Waals surface area contributed by atoms with Gasteiger partial charge in [-0.15, -0.1) is 0 Å². The number of fused-ring (bicyclic) bond motifs is 3. The van der Waals surface area contributed by atoms with Crippen molar-refractivity contribution >= 4 is 16.9 Å². The number of benzene rings is 3. The van der Waals surface area contributed by atoms with Gasteiger partial charge < -0.3 is 23.5 Å². The van der Waals surface area contributed by atoms with Crippen LogP contribution >= 0.6 is 0 Å². The summed E-state index contributed by atoms with van der Waals surface area (Å²) in [6.07, 6.45) is 2.03. The molecule has 1 amide bonds. The first-order valence-electron chi connectivity index (χ1n) is 12.5. The molecule has 0 radical (unpaired) electrons. The summed E-state index contributed by atoms with van der Waals surface area (Å²) in [5.41, 5.74) is 3.22. The summed E-state index contributed by atoms with van der Waals surface area (Å²) >= 11 is 0. The van der Waals surface area contributed by atoms with Crippen LogP contribution < -0.4 is 19.6 Å². The minimum atomic E-state index is -0.598. The van der Waals surface area contributed by atoms with Crippen molar-refractivity contribution in [3.8, 4) is 17.2 Å². The van der Waals surface area contributed by atoms with Gasteiger partial charge in [0, 0.05) is 6.54 Å². The summed E-state index contributed by atoms with van der Waals surface area (Å²) in [4.78, 5) is 29.2. The molecular formula is C30H27NO6. The standard InChI is InChI=1S/C30H27NO6/c1-3-4-13-34-21-9-7-20(8-10-21)27-26-28(32)22-14-18(2)5-11-23(22)37-29(26)30(33)31(27)16-19-6-12-24-25(15-19)36-17-35-24/h5-12,14-15,27H,3-4,13,16-17H2,1-2H3/t27-/m0/s1. The van der Waals surface area contributed by atoms with Crippen LogP contribution in [0.1, 0.15) is 58.6 Å². The molecule has 3 heterocycles. The van der Waals surface area contributed by atoms with Crippen LogP contribution in [0.5, 0.6) is 17.2 Å². The summed E-state index contributed by atoms with van der Waals surface area (Å²) in [6.45, 7) is 5.14. The molecule has 2 aliphatic rings. The molecule has 7 nitrogen and oxygen atoms in total. The smallest absolute Gasteiger partial charge is 0.291 e. The fourth-order valence-electron chi connectivity index (χ4n) is 4.96. The molecule has 0 bridgehead atoms. The first-order valence-corrected chi connectivity index (χ1v) is 12.5. The van der Waals surface area contributed by atoms with E-state index in [1.807, 2.05) is 61.5 Å². The predicted molar refractivity (Wildman–Crippen MR) is 138 cm³/mol. The Labute approximate surface area is 214 Å².